The molecule has 20 heavy (non-hydrogen) atoms. The van der Waals surface area contributed by atoms with Crippen LogP contribution in [0.1, 0.15) is 51.3 Å². The largest absolute Gasteiger partial charge is 0.354 e. The van der Waals surface area contributed by atoms with Crippen molar-refractivity contribution in [1.82, 2.24) is 10.3 Å². The Morgan fingerprint density at radius 1 is 1.30 bits per heavy atom. The Kier molecular flexibility index (Phi) is 3.97. The van der Waals surface area contributed by atoms with Crippen LogP contribution < -0.4 is 10.2 Å². The van der Waals surface area contributed by atoms with E-state index < -0.39 is 0 Å². The summed E-state index contributed by atoms with van der Waals surface area (Å²) in [6.45, 7) is 9.00. The van der Waals surface area contributed by atoms with Crippen molar-refractivity contribution in [3.05, 3.63) is 23.4 Å². The zero-order valence-corrected chi connectivity index (χ0v) is 13.0. The summed E-state index contributed by atoms with van der Waals surface area (Å²) in [5.74, 6) is 1.97. The van der Waals surface area contributed by atoms with E-state index in [0.717, 1.165) is 31.5 Å². The van der Waals surface area contributed by atoms with Gasteiger partial charge in [0.05, 0.1) is 0 Å². The molecule has 2 unspecified atom stereocenters. The second-order valence-electron chi connectivity index (χ2n) is 6.68. The van der Waals surface area contributed by atoms with E-state index >= 15 is 0 Å². The van der Waals surface area contributed by atoms with Crippen molar-refractivity contribution < 1.29 is 0 Å². The minimum atomic E-state index is 0.619. The van der Waals surface area contributed by atoms with Crippen molar-refractivity contribution in [3.63, 3.8) is 0 Å². The summed E-state index contributed by atoms with van der Waals surface area (Å²) in [4.78, 5) is 7.35. The summed E-state index contributed by atoms with van der Waals surface area (Å²) >= 11 is 0. The van der Waals surface area contributed by atoms with Crippen LogP contribution >= 0.6 is 0 Å². The molecule has 1 saturated carbocycles. The van der Waals surface area contributed by atoms with Crippen LogP contribution in [0.25, 0.3) is 0 Å². The predicted molar refractivity (Wildman–Crippen MR) is 84.1 cm³/mol. The van der Waals surface area contributed by atoms with E-state index in [0.29, 0.717) is 6.04 Å². The third kappa shape index (κ3) is 3.14. The molecule has 3 rings (SSSR count). The Morgan fingerprint density at radius 2 is 2.10 bits per heavy atom. The smallest absolute Gasteiger partial charge is 0.129 e. The average Bonchev–Trinajstić information content (AvgIpc) is 3.20. The van der Waals surface area contributed by atoms with Crippen LogP contribution in [0.3, 0.4) is 0 Å². The molecule has 0 spiro atoms. The molecule has 2 atom stereocenters. The molecule has 0 radical (unpaired) electrons. The summed E-state index contributed by atoms with van der Waals surface area (Å²) in [5, 5.41) is 3.62. The van der Waals surface area contributed by atoms with Crippen molar-refractivity contribution in [1.29, 1.82) is 0 Å². The van der Waals surface area contributed by atoms with Crippen LogP contribution in [0.4, 0.5) is 5.82 Å². The van der Waals surface area contributed by atoms with Gasteiger partial charge in [-0.25, -0.2) is 4.98 Å². The maximum absolute atomic E-state index is 4.86. The van der Waals surface area contributed by atoms with E-state index in [1.165, 1.54) is 36.3 Å². The van der Waals surface area contributed by atoms with Gasteiger partial charge in [-0.05, 0) is 56.2 Å². The summed E-state index contributed by atoms with van der Waals surface area (Å²) in [7, 11) is 0. The molecule has 0 bridgehead atoms. The Balaban J connectivity index is 1.79. The molecule has 3 nitrogen and oxygen atoms in total. The fourth-order valence-corrected chi connectivity index (χ4v) is 3.23. The second-order valence-corrected chi connectivity index (χ2v) is 6.68. The summed E-state index contributed by atoms with van der Waals surface area (Å²) in [5.41, 5.74) is 2.62. The van der Waals surface area contributed by atoms with Crippen molar-refractivity contribution in [2.75, 3.05) is 11.4 Å². The first-order valence-corrected chi connectivity index (χ1v) is 8.15. The Hall–Kier alpha value is -1.09. The number of hydrogen-bond acceptors (Lipinski definition) is 3. The van der Waals surface area contributed by atoms with Crippen molar-refractivity contribution in [2.24, 2.45) is 5.92 Å². The van der Waals surface area contributed by atoms with Crippen molar-refractivity contribution in [2.45, 2.75) is 65.1 Å². The maximum Gasteiger partial charge on any atom is 0.129 e. The van der Waals surface area contributed by atoms with Crippen LogP contribution in [-0.2, 0) is 13.0 Å². The fourth-order valence-electron chi connectivity index (χ4n) is 3.23. The molecule has 3 heteroatoms. The molecule has 0 amide bonds. The third-order valence-electron chi connectivity index (χ3n) is 4.54. The van der Waals surface area contributed by atoms with Crippen LogP contribution in [0.5, 0.6) is 0 Å². The standard InChI is InChI=1S/C17H27N3/c1-4-15-8-14(10-18-16-5-6-16)9-17(19-15)20-11-12(2)7-13(20)3/h8-9,12-13,16,18H,4-7,10-11H2,1-3H3. The minimum absolute atomic E-state index is 0.619. The van der Waals surface area contributed by atoms with Gasteiger partial charge in [-0.15, -0.1) is 0 Å². The number of pyridine rings is 1. The van der Waals surface area contributed by atoms with Gasteiger partial charge in [0.15, 0.2) is 0 Å². The Bertz CT molecular complexity index is 467. The van der Waals surface area contributed by atoms with Gasteiger partial charge in [0.25, 0.3) is 0 Å². The number of anilines is 1. The van der Waals surface area contributed by atoms with E-state index in [2.05, 4.69) is 43.1 Å². The number of hydrogen-bond donors (Lipinski definition) is 1. The fraction of sp³-hybridized carbons (Fsp3) is 0.706. The minimum Gasteiger partial charge on any atom is -0.354 e. The normalized spacial score (nSPS) is 26.2. The van der Waals surface area contributed by atoms with Gasteiger partial charge in [-0.3, -0.25) is 0 Å². The van der Waals surface area contributed by atoms with Crippen molar-refractivity contribution in [3.8, 4) is 0 Å². The average molecular weight is 273 g/mol. The molecule has 1 aliphatic heterocycles. The van der Waals surface area contributed by atoms with Gasteiger partial charge in [-0.2, -0.15) is 0 Å². The van der Waals surface area contributed by atoms with Gasteiger partial charge in [-0.1, -0.05) is 13.8 Å². The molecule has 2 aliphatic rings. The van der Waals surface area contributed by atoms with Crippen LogP contribution in [0.2, 0.25) is 0 Å². The lowest BCUT2D eigenvalue weighted by Gasteiger charge is -2.24. The van der Waals surface area contributed by atoms with Crippen LogP contribution in [0, 0.1) is 5.92 Å². The lowest BCUT2D eigenvalue weighted by atomic mass is 10.1. The second kappa shape index (κ2) is 5.72. The molecular weight excluding hydrogens is 246 g/mol. The zero-order valence-electron chi connectivity index (χ0n) is 13.0. The lowest BCUT2D eigenvalue weighted by molar-refractivity contribution is 0.625. The highest BCUT2D eigenvalue weighted by molar-refractivity contribution is 5.45. The predicted octanol–water partition coefficient (Wildman–Crippen LogP) is 3.13. The van der Waals surface area contributed by atoms with E-state index in [1.807, 2.05) is 0 Å². The molecular formula is C17H27N3. The molecule has 2 fully saturated rings. The molecule has 1 N–H and O–H groups in total. The van der Waals surface area contributed by atoms with E-state index in [-0.39, 0.29) is 0 Å². The monoisotopic (exact) mass is 273 g/mol. The lowest BCUT2D eigenvalue weighted by Crippen LogP contribution is -2.28. The number of aryl methyl sites for hydroxylation is 1. The summed E-state index contributed by atoms with van der Waals surface area (Å²) < 4.78 is 0. The third-order valence-corrected chi connectivity index (χ3v) is 4.54. The maximum atomic E-state index is 4.86. The number of rotatable bonds is 5. The quantitative estimate of drug-likeness (QED) is 0.893. The first kappa shape index (κ1) is 13.9. The van der Waals surface area contributed by atoms with Crippen molar-refractivity contribution >= 4 is 5.82 Å². The SMILES string of the molecule is CCc1cc(CNC2CC2)cc(N2CC(C)CC2C)n1. The molecule has 2 heterocycles. The Labute approximate surface area is 122 Å². The number of aromatic nitrogens is 1. The van der Waals surface area contributed by atoms with Crippen LogP contribution in [-0.4, -0.2) is 23.6 Å². The first-order valence-electron chi connectivity index (χ1n) is 8.15. The zero-order chi connectivity index (χ0) is 14.1. The van der Waals surface area contributed by atoms with Gasteiger partial charge in [0.1, 0.15) is 5.82 Å². The van der Waals surface area contributed by atoms with E-state index in [1.54, 1.807) is 0 Å². The topological polar surface area (TPSA) is 28.2 Å². The van der Waals surface area contributed by atoms with Gasteiger partial charge < -0.3 is 10.2 Å². The molecule has 0 aromatic carbocycles. The summed E-state index contributed by atoms with van der Waals surface area (Å²) in [6, 6.07) is 5.95. The number of nitrogens with one attached hydrogen (secondary N) is 1. The van der Waals surface area contributed by atoms with E-state index in [4.69, 9.17) is 4.98 Å². The molecule has 1 aliphatic carbocycles. The molecule has 110 valence electrons. The molecule has 1 saturated heterocycles. The van der Waals surface area contributed by atoms with Crippen LogP contribution in [0.15, 0.2) is 12.1 Å². The first-order chi connectivity index (χ1) is 9.65. The highest BCUT2D eigenvalue weighted by Crippen LogP contribution is 2.28. The number of nitrogens with zero attached hydrogens (tertiary/aromatic N) is 2. The highest BCUT2D eigenvalue weighted by Gasteiger charge is 2.27. The Morgan fingerprint density at radius 3 is 2.70 bits per heavy atom. The van der Waals surface area contributed by atoms with E-state index in [9.17, 15) is 0 Å². The molecule has 1 aromatic rings. The van der Waals surface area contributed by atoms with Gasteiger partial charge >= 0.3 is 0 Å². The van der Waals surface area contributed by atoms with Gasteiger partial charge in [0.2, 0.25) is 0 Å². The summed E-state index contributed by atoms with van der Waals surface area (Å²) in [6.07, 6.45) is 4.99. The highest BCUT2D eigenvalue weighted by atomic mass is 15.2. The van der Waals surface area contributed by atoms with Gasteiger partial charge in [0, 0.05) is 30.9 Å². The molecule has 1 aromatic heterocycles.